The molecule has 0 amide bonds. The summed E-state index contributed by atoms with van der Waals surface area (Å²) in [5.41, 5.74) is 0. The first-order chi connectivity index (χ1) is 8.58. The molecule has 5 heteroatoms. The van der Waals surface area contributed by atoms with E-state index in [1.807, 2.05) is 0 Å². The van der Waals surface area contributed by atoms with Gasteiger partial charge in [0.2, 0.25) is 0 Å². The van der Waals surface area contributed by atoms with Crippen molar-refractivity contribution in [2.24, 2.45) is 0 Å². The molecule has 0 spiro atoms. The van der Waals surface area contributed by atoms with Crippen molar-refractivity contribution in [1.29, 1.82) is 0 Å². The van der Waals surface area contributed by atoms with Crippen LogP contribution in [0.4, 0.5) is 0 Å². The Morgan fingerprint density at radius 1 is 1.05 bits per heavy atom. The number of rotatable bonds is 9. The predicted molar refractivity (Wildman–Crippen MR) is 69.7 cm³/mol. The number of unbranched alkanes of at least 4 members (excludes halogenated alkanes) is 5. The van der Waals surface area contributed by atoms with Gasteiger partial charge in [-0.25, -0.2) is 4.79 Å². The molecule has 0 aliphatic heterocycles. The molecule has 0 saturated carbocycles. The van der Waals surface area contributed by atoms with Gasteiger partial charge in [-0.2, -0.15) is 0 Å². The molecule has 0 aromatic carbocycles. The molecular formula is C14H23NaO4. The molecule has 0 N–H and O–H groups in total. The standard InChI is InChI=1S/C11H20O2.C3H4O2.Na/c1-3-5-6-7-8-9-10-13-11(12)4-2;1-2-3(4)5;/h4H,2-3,5-10H2,1H3;2H,1H2,(H,4,5);/q;;+1/p-1. The molecule has 0 atom stereocenters. The van der Waals surface area contributed by atoms with Crippen LogP contribution in [0.5, 0.6) is 0 Å². The second-order valence-corrected chi connectivity index (χ2v) is 3.66. The number of hydrogen-bond acceptors (Lipinski definition) is 4. The van der Waals surface area contributed by atoms with E-state index >= 15 is 0 Å². The molecule has 0 aromatic rings. The Morgan fingerprint density at radius 3 is 1.95 bits per heavy atom. The van der Waals surface area contributed by atoms with Gasteiger partial charge in [0.05, 0.1) is 12.6 Å². The Balaban J connectivity index is -0.000000366. The van der Waals surface area contributed by atoms with E-state index in [9.17, 15) is 4.79 Å². The molecule has 0 bridgehead atoms. The minimum absolute atomic E-state index is 0. The van der Waals surface area contributed by atoms with Crippen molar-refractivity contribution in [1.82, 2.24) is 0 Å². The molecule has 0 aliphatic carbocycles. The minimum Gasteiger partial charge on any atom is -0.545 e. The van der Waals surface area contributed by atoms with Gasteiger partial charge in [-0.3, -0.25) is 0 Å². The van der Waals surface area contributed by atoms with Gasteiger partial charge in [0, 0.05) is 6.08 Å². The molecule has 4 nitrogen and oxygen atoms in total. The number of aliphatic carboxylic acids is 1. The summed E-state index contributed by atoms with van der Waals surface area (Å²) in [6.45, 7) is 8.96. The van der Waals surface area contributed by atoms with E-state index in [0.717, 1.165) is 18.9 Å². The van der Waals surface area contributed by atoms with Gasteiger partial charge in [-0.1, -0.05) is 52.2 Å². The zero-order valence-electron chi connectivity index (χ0n) is 12.2. The molecular weight excluding hydrogens is 255 g/mol. The largest absolute Gasteiger partial charge is 1.00 e. The summed E-state index contributed by atoms with van der Waals surface area (Å²) in [7, 11) is 0. The summed E-state index contributed by atoms with van der Waals surface area (Å²) in [5.74, 6) is -1.54. The zero-order chi connectivity index (χ0) is 14.2. The Labute approximate surface area is 138 Å². The van der Waals surface area contributed by atoms with E-state index in [0.29, 0.717) is 6.61 Å². The summed E-state index contributed by atoms with van der Waals surface area (Å²) in [6, 6.07) is 0. The SMILES string of the molecule is C=CC(=O)OCCCCCCCC.C=CC(=O)[O-].[Na+]. The molecule has 0 heterocycles. The van der Waals surface area contributed by atoms with Crippen LogP contribution < -0.4 is 34.7 Å². The molecule has 0 radical (unpaired) electrons. The van der Waals surface area contributed by atoms with Crippen LogP contribution in [0.1, 0.15) is 45.4 Å². The minimum atomic E-state index is -1.23. The van der Waals surface area contributed by atoms with Gasteiger partial charge in [0.1, 0.15) is 0 Å². The van der Waals surface area contributed by atoms with Crippen LogP contribution in [0.2, 0.25) is 0 Å². The van der Waals surface area contributed by atoms with E-state index in [1.54, 1.807) is 0 Å². The molecule has 0 aromatic heterocycles. The number of esters is 1. The Bertz CT molecular complexity index is 252. The average Bonchev–Trinajstić information content (AvgIpc) is 2.38. The van der Waals surface area contributed by atoms with E-state index < -0.39 is 5.97 Å². The summed E-state index contributed by atoms with van der Waals surface area (Å²) in [5, 5.41) is 9.14. The van der Waals surface area contributed by atoms with Crippen molar-refractivity contribution >= 4 is 11.9 Å². The van der Waals surface area contributed by atoms with Crippen molar-refractivity contribution in [3.63, 3.8) is 0 Å². The predicted octanol–water partition coefficient (Wildman–Crippen LogP) is -0.998. The first kappa shape index (κ1) is 23.5. The number of carbonyl (C=O) groups excluding carboxylic acids is 2. The smallest absolute Gasteiger partial charge is 0.545 e. The van der Waals surface area contributed by atoms with E-state index in [4.69, 9.17) is 14.6 Å². The number of carboxylic acid groups (broad SMARTS) is 1. The Hall–Kier alpha value is -0.580. The molecule has 19 heavy (non-hydrogen) atoms. The second kappa shape index (κ2) is 19.8. The third-order valence-corrected chi connectivity index (χ3v) is 2.08. The maximum atomic E-state index is 10.6. The van der Waals surface area contributed by atoms with Gasteiger partial charge in [0.25, 0.3) is 0 Å². The van der Waals surface area contributed by atoms with Crippen molar-refractivity contribution in [3.8, 4) is 0 Å². The molecule has 0 aliphatic rings. The average molecular weight is 278 g/mol. The molecule has 0 unspecified atom stereocenters. The van der Waals surface area contributed by atoms with Crippen molar-refractivity contribution < 1.29 is 49.0 Å². The third kappa shape index (κ3) is 26.9. The van der Waals surface area contributed by atoms with Crippen molar-refractivity contribution in [2.45, 2.75) is 45.4 Å². The van der Waals surface area contributed by atoms with Gasteiger partial charge in [0.15, 0.2) is 0 Å². The molecule has 0 saturated heterocycles. The van der Waals surface area contributed by atoms with E-state index in [-0.39, 0.29) is 35.5 Å². The summed E-state index contributed by atoms with van der Waals surface area (Å²) in [6.07, 6.45) is 9.19. The quantitative estimate of drug-likeness (QED) is 0.235. The van der Waals surface area contributed by atoms with Crippen LogP contribution in [0.25, 0.3) is 0 Å². The normalized spacial score (nSPS) is 8.26. The zero-order valence-corrected chi connectivity index (χ0v) is 14.2. The molecule has 0 fully saturated rings. The number of ether oxygens (including phenoxy) is 1. The van der Waals surface area contributed by atoms with Gasteiger partial charge >= 0.3 is 35.5 Å². The first-order valence-electron chi connectivity index (χ1n) is 6.21. The van der Waals surface area contributed by atoms with Gasteiger partial charge < -0.3 is 14.6 Å². The number of carboxylic acids is 1. The summed E-state index contributed by atoms with van der Waals surface area (Å²) in [4.78, 5) is 19.7. The van der Waals surface area contributed by atoms with Crippen LogP contribution in [-0.2, 0) is 14.3 Å². The van der Waals surface area contributed by atoms with E-state index in [2.05, 4.69) is 20.1 Å². The topological polar surface area (TPSA) is 66.4 Å². The van der Waals surface area contributed by atoms with Gasteiger partial charge in [-0.05, 0) is 12.5 Å². The summed E-state index contributed by atoms with van der Waals surface area (Å²) >= 11 is 0. The van der Waals surface area contributed by atoms with Crippen LogP contribution in [0.3, 0.4) is 0 Å². The summed E-state index contributed by atoms with van der Waals surface area (Å²) < 4.78 is 4.84. The Morgan fingerprint density at radius 2 is 1.53 bits per heavy atom. The fourth-order valence-corrected chi connectivity index (χ4v) is 1.11. The number of hydrogen-bond donors (Lipinski definition) is 0. The number of carbonyl (C=O) groups is 2. The molecule has 0 rings (SSSR count). The Kier molecular flexibility index (Phi) is 24.4. The molecule has 104 valence electrons. The van der Waals surface area contributed by atoms with Crippen LogP contribution in [0.15, 0.2) is 25.3 Å². The maximum Gasteiger partial charge on any atom is 1.00 e. The van der Waals surface area contributed by atoms with Crippen LogP contribution in [-0.4, -0.2) is 18.5 Å². The van der Waals surface area contributed by atoms with Gasteiger partial charge in [-0.15, -0.1) is 0 Å². The first-order valence-corrected chi connectivity index (χ1v) is 6.21. The third-order valence-electron chi connectivity index (χ3n) is 2.08. The monoisotopic (exact) mass is 278 g/mol. The fourth-order valence-electron chi connectivity index (χ4n) is 1.11. The van der Waals surface area contributed by atoms with Crippen molar-refractivity contribution in [2.75, 3.05) is 6.61 Å². The maximum absolute atomic E-state index is 10.6. The van der Waals surface area contributed by atoms with Crippen LogP contribution in [0, 0.1) is 0 Å². The van der Waals surface area contributed by atoms with E-state index in [1.165, 1.54) is 31.8 Å². The fraction of sp³-hybridized carbons (Fsp3) is 0.571. The second-order valence-electron chi connectivity index (χ2n) is 3.66. The van der Waals surface area contributed by atoms with Crippen molar-refractivity contribution in [3.05, 3.63) is 25.3 Å². The van der Waals surface area contributed by atoms with Crippen LogP contribution >= 0.6 is 0 Å².